The van der Waals surface area contributed by atoms with Crippen LogP contribution < -0.4 is 5.73 Å². The number of para-hydroxylation sites is 1. The zero-order chi connectivity index (χ0) is 16.9. The van der Waals surface area contributed by atoms with E-state index in [9.17, 15) is 0 Å². The lowest BCUT2D eigenvalue weighted by atomic mass is 10.1. The Kier molecular flexibility index (Phi) is 5.60. The fraction of sp³-hybridized carbons (Fsp3) is 0.556. The maximum absolute atomic E-state index is 6.10. The molecule has 130 valence electrons. The van der Waals surface area contributed by atoms with Gasteiger partial charge in [-0.3, -0.25) is 9.80 Å². The first-order chi connectivity index (χ1) is 11.7. The summed E-state index contributed by atoms with van der Waals surface area (Å²) in [4.78, 5) is 14.1. The van der Waals surface area contributed by atoms with E-state index >= 15 is 0 Å². The topological polar surface area (TPSA) is 67.5 Å². The molecule has 3 rings (SSSR count). The van der Waals surface area contributed by atoms with Gasteiger partial charge in [-0.2, -0.15) is 0 Å². The molecular weight excluding hydrogens is 302 g/mol. The number of piperazine rings is 1. The van der Waals surface area contributed by atoms with Gasteiger partial charge in [0.2, 0.25) is 0 Å². The van der Waals surface area contributed by atoms with Crippen molar-refractivity contribution in [1.82, 2.24) is 19.8 Å². The summed E-state index contributed by atoms with van der Waals surface area (Å²) in [5.74, 6) is 1.38. The predicted molar refractivity (Wildman–Crippen MR) is 96.8 cm³/mol. The van der Waals surface area contributed by atoms with Gasteiger partial charge in [-0.25, -0.2) is 9.97 Å². The number of benzene rings is 1. The van der Waals surface area contributed by atoms with Crippen LogP contribution in [-0.4, -0.2) is 65.7 Å². The lowest BCUT2D eigenvalue weighted by Gasteiger charge is -2.40. The van der Waals surface area contributed by atoms with Crippen LogP contribution in [0.1, 0.15) is 19.2 Å². The minimum absolute atomic E-state index is 0.562. The van der Waals surface area contributed by atoms with E-state index in [0.29, 0.717) is 11.9 Å². The fourth-order valence-corrected chi connectivity index (χ4v) is 3.41. The van der Waals surface area contributed by atoms with Crippen molar-refractivity contribution in [3.05, 3.63) is 30.1 Å². The predicted octanol–water partition coefficient (Wildman–Crippen LogP) is 1.75. The van der Waals surface area contributed by atoms with Crippen molar-refractivity contribution in [2.45, 2.75) is 25.9 Å². The quantitative estimate of drug-likeness (QED) is 0.871. The number of hydrogen-bond donors (Lipinski definition) is 1. The van der Waals surface area contributed by atoms with Crippen LogP contribution in [0.25, 0.3) is 10.9 Å². The molecule has 0 amide bonds. The Morgan fingerprint density at radius 1 is 1.25 bits per heavy atom. The third-order valence-corrected chi connectivity index (χ3v) is 4.79. The highest BCUT2D eigenvalue weighted by molar-refractivity contribution is 5.87. The third-order valence-electron chi connectivity index (χ3n) is 4.79. The van der Waals surface area contributed by atoms with Crippen LogP contribution in [-0.2, 0) is 11.3 Å². The summed E-state index contributed by atoms with van der Waals surface area (Å²) in [5.41, 5.74) is 7.02. The highest BCUT2D eigenvalue weighted by Crippen LogP contribution is 2.19. The maximum Gasteiger partial charge on any atom is 0.145 e. The minimum Gasteiger partial charge on any atom is -0.383 e. The van der Waals surface area contributed by atoms with E-state index in [1.807, 2.05) is 24.3 Å². The molecule has 0 radical (unpaired) electrons. The van der Waals surface area contributed by atoms with E-state index in [-0.39, 0.29) is 0 Å². The molecule has 1 aliphatic rings. The van der Waals surface area contributed by atoms with Crippen LogP contribution >= 0.6 is 0 Å². The molecule has 0 saturated carbocycles. The largest absolute Gasteiger partial charge is 0.383 e. The van der Waals surface area contributed by atoms with E-state index in [1.54, 1.807) is 7.11 Å². The number of aromatic nitrogens is 2. The molecule has 1 saturated heterocycles. The summed E-state index contributed by atoms with van der Waals surface area (Å²) < 4.78 is 5.22. The first kappa shape index (κ1) is 17.1. The number of nitrogens with two attached hydrogens (primary N) is 1. The van der Waals surface area contributed by atoms with Gasteiger partial charge in [-0.1, -0.05) is 19.1 Å². The van der Waals surface area contributed by atoms with Crippen LogP contribution in [0.15, 0.2) is 24.3 Å². The molecule has 1 aromatic carbocycles. The number of nitrogens with zero attached hydrogens (tertiary/aromatic N) is 4. The Labute approximate surface area is 143 Å². The smallest absolute Gasteiger partial charge is 0.145 e. The van der Waals surface area contributed by atoms with E-state index in [0.717, 1.165) is 62.5 Å². The number of rotatable bonds is 6. The summed E-state index contributed by atoms with van der Waals surface area (Å²) in [6.07, 6.45) is 1.14. The molecule has 24 heavy (non-hydrogen) atoms. The van der Waals surface area contributed by atoms with Gasteiger partial charge in [-0.15, -0.1) is 0 Å². The Bertz CT molecular complexity index is 678. The van der Waals surface area contributed by atoms with Gasteiger partial charge in [0.15, 0.2) is 0 Å². The molecule has 0 aliphatic carbocycles. The fourth-order valence-electron chi connectivity index (χ4n) is 3.41. The van der Waals surface area contributed by atoms with Crippen molar-refractivity contribution in [1.29, 1.82) is 0 Å². The normalized spacial score (nSPS) is 19.8. The summed E-state index contributed by atoms with van der Waals surface area (Å²) in [5, 5.41) is 0.928. The summed E-state index contributed by atoms with van der Waals surface area (Å²) in [7, 11) is 1.76. The van der Waals surface area contributed by atoms with E-state index in [4.69, 9.17) is 10.5 Å². The average Bonchev–Trinajstić information content (AvgIpc) is 2.60. The van der Waals surface area contributed by atoms with Gasteiger partial charge in [-0.05, 0) is 18.6 Å². The lowest BCUT2D eigenvalue weighted by Crippen LogP contribution is -2.53. The Balaban J connectivity index is 1.68. The van der Waals surface area contributed by atoms with Crippen molar-refractivity contribution in [3.8, 4) is 0 Å². The molecule has 1 fully saturated rings. The molecule has 2 N–H and O–H groups in total. The van der Waals surface area contributed by atoms with Gasteiger partial charge in [0, 0.05) is 44.7 Å². The molecule has 0 bridgehead atoms. The van der Waals surface area contributed by atoms with Crippen LogP contribution in [0, 0.1) is 0 Å². The van der Waals surface area contributed by atoms with Gasteiger partial charge in [0.05, 0.1) is 18.7 Å². The molecule has 6 nitrogen and oxygen atoms in total. The van der Waals surface area contributed by atoms with Crippen molar-refractivity contribution in [2.24, 2.45) is 0 Å². The summed E-state index contributed by atoms with van der Waals surface area (Å²) in [6.45, 7) is 7.92. The number of methoxy groups -OCH3 is 1. The number of anilines is 1. The van der Waals surface area contributed by atoms with Crippen molar-refractivity contribution in [3.63, 3.8) is 0 Å². The van der Waals surface area contributed by atoms with Gasteiger partial charge in [0.1, 0.15) is 11.6 Å². The van der Waals surface area contributed by atoms with E-state index in [1.165, 1.54) is 0 Å². The van der Waals surface area contributed by atoms with Gasteiger partial charge in [0.25, 0.3) is 0 Å². The zero-order valence-corrected chi connectivity index (χ0v) is 14.6. The molecule has 2 heterocycles. The molecule has 6 heteroatoms. The van der Waals surface area contributed by atoms with Crippen LogP contribution in [0.3, 0.4) is 0 Å². The molecule has 1 aliphatic heterocycles. The molecule has 0 spiro atoms. The van der Waals surface area contributed by atoms with Gasteiger partial charge >= 0.3 is 0 Å². The number of nitrogen functional groups attached to an aromatic ring is 1. The summed E-state index contributed by atoms with van der Waals surface area (Å²) >= 11 is 0. The van der Waals surface area contributed by atoms with Crippen LogP contribution in [0.5, 0.6) is 0 Å². The van der Waals surface area contributed by atoms with Crippen molar-refractivity contribution in [2.75, 3.05) is 45.6 Å². The first-order valence-corrected chi connectivity index (χ1v) is 8.67. The lowest BCUT2D eigenvalue weighted by molar-refractivity contribution is 0.0455. The molecule has 1 atom stereocenters. The second kappa shape index (κ2) is 7.88. The Morgan fingerprint density at radius 3 is 2.88 bits per heavy atom. The van der Waals surface area contributed by atoms with E-state index in [2.05, 4.69) is 26.7 Å². The summed E-state index contributed by atoms with van der Waals surface area (Å²) in [6, 6.07) is 8.48. The zero-order valence-electron chi connectivity index (χ0n) is 14.6. The Morgan fingerprint density at radius 2 is 2.08 bits per heavy atom. The monoisotopic (exact) mass is 329 g/mol. The highest BCUT2D eigenvalue weighted by Gasteiger charge is 2.25. The maximum atomic E-state index is 6.10. The van der Waals surface area contributed by atoms with Crippen molar-refractivity contribution >= 4 is 16.7 Å². The van der Waals surface area contributed by atoms with E-state index < -0.39 is 0 Å². The highest BCUT2D eigenvalue weighted by atomic mass is 16.5. The SMILES string of the molecule is CCC1CN(Cc2nc(N)c3ccccc3n2)CCN1CCOC. The van der Waals surface area contributed by atoms with Crippen LogP contribution in [0.4, 0.5) is 5.82 Å². The third kappa shape index (κ3) is 3.83. The number of fused-ring (bicyclic) bond motifs is 1. The second-order valence-electron chi connectivity index (χ2n) is 6.37. The minimum atomic E-state index is 0.562. The van der Waals surface area contributed by atoms with Gasteiger partial charge < -0.3 is 10.5 Å². The number of hydrogen-bond acceptors (Lipinski definition) is 6. The molecule has 2 aromatic rings. The van der Waals surface area contributed by atoms with Crippen molar-refractivity contribution < 1.29 is 4.74 Å². The average molecular weight is 329 g/mol. The molecular formula is C18H27N5O. The Hall–Kier alpha value is -1.76. The second-order valence-corrected chi connectivity index (χ2v) is 6.37. The van der Waals surface area contributed by atoms with Crippen LogP contribution in [0.2, 0.25) is 0 Å². The first-order valence-electron chi connectivity index (χ1n) is 8.67. The number of ether oxygens (including phenoxy) is 1. The molecule has 1 unspecified atom stereocenters. The molecule has 1 aromatic heterocycles. The standard InChI is InChI=1S/C18H27N5O/c1-3-14-12-22(8-9-23(14)10-11-24-2)13-17-20-16-7-5-4-6-15(16)18(19)21-17/h4-7,14H,3,8-13H2,1-2H3,(H2,19,20,21).